The second kappa shape index (κ2) is 7.14. The van der Waals surface area contributed by atoms with Crippen molar-refractivity contribution >= 4 is 21.5 Å². The van der Waals surface area contributed by atoms with E-state index in [0.717, 1.165) is 12.1 Å². The summed E-state index contributed by atoms with van der Waals surface area (Å²) < 4.78 is 33.6. The summed E-state index contributed by atoms with van der Waals surface area (Å²) in [6.45, 7) is 5.29. The third-order valence-corrected chi connectivity index (χ3v) is 4.99. The Labute approximate surface area is 148 Å². The number of sulfonamides is 1. The zero-order chi connectivity index (χ0) is 17.9. The van der Waals surface area contributed by atoms with Crippen LogP contribution in [-0.2, 0) is 10.0 Å². The molecule has 1 heterocycles. The highest BCUT2D eigenvalue weighted by molar-refractivity contribution is 7.92. The number of hydrogen-bond donors (Lipinski definition) is 2. The van der Waals surface area contributed by atoms with Crippen LogP contribution in [0.3, 0.4) is 0 Å². The molecule has 0 bridgehead atoms. The van der Waals surface area contributed by atoms with Crippen LogP contribution in [0.5, 0.6) is 5.75 Å². The van der Waals surface area contributed by atoms with Crippen LogP contribution in [0, 0.1) is 0 Å². The van der Waals surface area contributed by atoms with Gasteiger partial charge in [0.2, 0.25) is 0 Å². The van der Waals surface area contributed by atoms with E-state index in [-0.39, 0.29) is 11.0 Å². The molecule has 2 N–H and O–H groups in total. The van der Waals surface area contributed by atoms with E-state index in [1.54, 1.807) is 24.3 Å². The van der Waals surface area contributed by atoms with Crippen molar-refractivity contribution in [1.29, 1.82) is 0 Å². The molecule has 3 rings (SSSR count). The third kappa shape index (κ3) is 4.11. The number of benzene rings is 2. The second-order valence-corrected chi connectivity index (χ2v) is 7.63. The fourth-order valence-electron chi connectivity index (χ4n) is 2.53. The molecule has 7 heteroatoms. The Morgan fingerprint density at radius 1 is 1.12 bits per heavy atom. The first-order valence-electron chi connectivity index (χ1n) is 8.13. The molecule has 1 aliphatic heterocycles. The quantitative estimate of drug-likeness (QED) is 0.831. The first-order chi connectivity index (χ1) is 12.0. The Bertz CT molecular complexity index is 875. The number of nitrogens with one attached hydrogen (secondary N) is 2. The molecule has 0 fully saturated rings. The predicted molar refractivity (Wildman–Crippen MR) is 98.9 cm³/mol. The van der Waals surface area contributed by atoms with Crippen molar-refractivity contribution in [3.63, 3.8) is 0 Å². The predicted octanol–water partition coefficient (Wildman–Crippen LogP) is 2.62. The van der Waals surface area contributed by atoms with Gasteiger partial charge in [0.1, 0.15) is 11.6 Å². The van der Waals surface area contributed by atoms with Gasteiger partial charge >= 0.3 is 0 Å². The van der Waals surface area contributed by atoms with Gasteiger partial charge in [0, 0.05) is 12.1 Å². The maximum absolute atomic E-state index is 12.7. The van der Waals surface area contributed by atoms with E-state index >= 15 is 0 Å². The summed E-state index contributed by atoms with van der Waals surface area (Å²) in [4.78, 5) is 4.54. The average Bonchev–Trinajstić information content (AvgIpc) is 3.09. The van der Waals surface area contributed by atoms with Crippen molar-refractivity contribution in [2.24, 2.45) is 4.99 Å². The smallest absolute Gasteiger partial charge is 0.261 e. The van der Waals surface area contributed by atoms with Gasteiger partial charge in [0.25, 0.3) is 10.0 Å². The number of ether oxygens (including phenoxy) is 1. The molecule has 1 aliphatic rings. The maximum Gasteiger partial charge on any atom is 0.261 e. The Morgan fingerprint density at radius 3 is 2.48 bits per heavy atom. The standard InChI is InChI=1S/C18H21N3O3S/c1-13(2)24-14-7-9-15(10-8-14)25(22,23)21-17-6-4-3-5-16(17)18-19-11-12-20-18/h3-10,13,21H,11-12H2,1-2H3,(H,19,20). The first kappa shape index (κ1) is 17.3. The number of anilines is 1. The summed E-state index contributed by atoms with van der Waals surface area (Å²) in [6.07, 6.45) is 0.0344. The monoisotopic (exact) mass is 359 g/mol. The van der Waals surface area contributed by atoms with Crippen molar-refractivity contribution in [3.8, 4) is 5.75 Å². The minimum absolute atomic E-state index is 0.0344. The molecule has 0 saturated carbocycles. The van der Waals surface area contributed by atoms with Gasteiger partial charge in [-0.3, -0.25) is 9.71 Å². The summed E-state index contributed by atoms with van der Waals surface area (Å²) in [5, 5.41) is 3.16. The van der Waals surface area contributed by atoms with Crippen molar-refractivity contribution < 1.29 is 13.2 Å². The highest BCUT2D eigenvalue weighted by Crippen LogP contribution is 2.23. The van der Waals surface area contributed by atoms with E-state index in [2.05, 4.69) is 15.0 Å². The average molecular weight is 359 g/mol. The first-order valence-corrected chi connectivity index (χ1v) is 9.61. The van der Waals surface area contributed by atoms with Crippen LogP contribution in [-0.4, -0.2) is 33.4 Å². The fourth-order valence-corrected chi connectivity index (χ4v) is 3.61. The molecule has 0 spiro atoms. The zero-order valence-electron chi connectivity index (χ0n) is 14.2. The minimum atomic E-state index is -3.70. The summed E-state index contributed by atoms with van der Waals surface area (Å²) in [5.74, 6) is 1.35. The summed E-state index contributed by atoms with van der Waals surface area (Å²) in [7, 11) is -3.70. The van der Waals surface area contributed by atoms with Crippen LogP contribution in [0.15, 0.2) is 58.4 Å². The van der Waals surface area contributed by atoms with E-state index in [1.807, 2.05) is 26.0 Å². The van der Waals surface area contributed by atoms with Gasteiger partial charge in [-0.25, -0.2) is 8.42 Å². The van der Waals surface area contributed by atoms with Crippen molar-refractivity contribution in [2.75, 3.05) is 17.8 Å². The van der Waals surface area contributed by atoms with Gasteiger partial charge in [0.15, 0.2) is 0 Å². The lowest BCUT2D eigenvalue weighted by Crippen LogP contribution is -2.22. The van der Waals surface area contributed by atoms with Gasteiger partial charge in [-0.1, -0.05) is 12.1 Å². The molecule has 132 valence electrons. The minimum Gasteiger partial charge on any atom is -0.491 e. The molecule has 0 atom stereocenters. The van der Waals surface area contributed by atoms with Crippen molar-refractivity contribution in [1.82, 2.24) is 5.32 Å². The van der Waals surface area contributed by atoms with Gasteiger partial charge in [-0.2, -0.15) is 0 Å². The van der Waals surface area contributed by atoms with Gasteiger partial charge in [0.05, 0.1) is 23.2 Å². The lowest BCUT2D eigenvalue weighted by atomic mass is 10.1. The lowest BCUT2D eigenvalue weighted by Gasteiger charge is -2.14. The second-order valence-electron chi connectivity index (χ2n) is 5.95. The van der Waals surface area contributed by atoms with E-state index in [9.17, 15) is 8.42 Å². The Hall–Kier alpha value is -2.54. The maximum atomic E-state index is 12.7. The zero-order valence-corrected chi connectivity index (χ0v) is 15.0. The molecule has 0 amide bonds. The highest BCUT2D eigenvalue weighted by Gasteiger charge is 2.19. The van der Waals surface area contributed by atoms with Crippen LogP contribution in [0.25, 0.3) is 0 Å². The molecule has 0 radical (unpaired) electrons. The molecule has 2 aromatic rings. The molecule has 0 saturated heterocycles. The number of para-hydroxylation sites is 1. The molecule has 25 heavy (non-hydrogen) atoms. The lowest BCUT2D eigenvalue weighted by molar-refractivity contribution is 0.242. The van der Waals surface area contributed by atoms with Crippen LogP contribution in [0.2, 0.25) is 0 Å². The van der Waals surface area contributed by atoms with E-state index in [1.165, 1.54) is 12.1 Å². The highest BCUT2D eigenvalue weighted by atomic mass is 32.2. The van der Waals surface area contributed by atoms with E-state index in [0.29, 0.717) is 23.8 Å². The summed E-state index contributed by atoms with van der Waals surface area (Å²) in [5.41, 5.74) is 1.24. The Morgan fingerprint density at radius 2 is 1.84 bits per heavy atom. The van der Waals surface area contributed by atoms with E-state index in [4.69, 9.17) is 4.74 Å². The summed E-state index contributed by atoms with van der Waals surface area (Å²) >= 11 is 0. The largest absolute Gasteiger partial charge is 0.491 e. The fraction of sp³-hybridized carbons (Fsp3) is 0.278. The van der Waals surface area contributed by atoms with Gasteiger partial charge in [-0.05, 0) is 50.2 Å². The van der Waals surface area contributed by atoms with Gasteiger partial charge < -0.3 is 10.1 Å². The van der Waals surface area contributed by atoms with Gasteiger partial charge in [-0.15, -0.1) is 0 Å². The third-order valence-electron chi connectivity index (χ3n) is 3.61. The molecular formula is C18H21N3O3S. The molecule has 0 aromatic heterocycles. The van der Waals surface area contributed by atoms with Crippen LogP contribution in [0.4, 0.5) is 5.69 Å². The number of rotatable bonds is 6. The SMILES string of the molecule is CC(C)Oc1ccc(S(=O)(=O)Nc2ccccc2C2=NCCN2)cc1. The van der Waals surface area contributed by atoms with Crippen molar-refractivity contribution in [3.05, 3.63) is 54.1 Å². The number of nitrogens with zero attached hydrogens (tertiary/aromatic N) is 1. The molecule has 0 unspecified atom stereocenters. The molecular weight excluding hydrogens is 338 g/mol. The van der Waals surface area contributed by atoms with Crippen molar-refractivity contribution in [2.45, 2.75) is 24.8 Å². The normalized spacial score (nSPS) is 14.1. The number of amidine groups is 1. The molecule has 0 aliphatic carbocycles. The van der Waals surface area contributed by atoms with Crippen LogP contribution >= 0.6 is 0 Å². The molecule has 2 aromatic carbocycles. The van der Waals surface area contributed by atoms with E-state index < -0.39 is 10.0 Å². The summed E-state index contributed by atoms with van der Waals surface area (Å²) in [6, 6.07) is 13.6. The Balaban J connectivity index is 1.85. The Kier molecular flexibility index (Phi) is 4.94. The van der Waals surface area contributed by atoms with Crippen LogP contribution < -0.4 is 14.8 Å². The molecule has 6 nitrogen and oxygen atoms in total. The van der Waals surface area contributed by atoms with Crippen LogP contribution in [0.1, 0.15) is 19.4 Å². The number of hydrogen-bond acceptors (Lipinski definition) is 5. The number of aliphatic imine (C=N–C) groups is 1. The topological polar surface area (TPSA) is 79.8 Å².